The van der Waals surface area contributed by atoms with Crippen LogP contribution >= 0.6 is 47.9 Å². The van der Waals surface area contributed by atoms with Crippen molar-refractivity contribution in [3.63, 3.8) is 0 Å². The molecule has 116 valence electrons. The third-order valence-electron chi connectivity index (χ3n) is 3.89. The average molecular weight is 377 g/mol. The van der Waals surface area contributed by atoms with Crippen LogP contribution in [0.4, 0.5) is 5.69 Å². The molecule has 1 aromatic heterocycles. The zero-order valence-corrected chi connectivity index (χ0v) is 15.7. The van der Waals surface area contributed by atoms with E-state index in [1.165, 1.54) is 0 Å². The van der Waals surface area contributed by atoms with Crippen LogP contribution in [-0.2, 0) is 10.3 Å². The minimum Gasteiger partial charge on any atom is -0.375 e. The fourth-order valence-electron chi connectivity index (χ4n) is 2.91. The van der Waals surface area contributed by atoms with Crippen molar-refractivity contribution in [1.29, 1.82) is 0 Å². The highest BCUT2D eigenvalue weighted by Crippen LogP contribution is 2.51. The van der Waals surface area contributed by atoms with Gasteiger partial charge in [0.15, 0.2) is 4.32 Å². The second-order valence-electron chi connectivity index (χ2n) is 5.90. The van der Waals surface area contributed by atoms with Gasteiger partial charge in [-0.25, -0.2) is 4.99 Å². The largest absolute Gasteiger partial charge is 0.375 e. The van der Waals surface area contributed by atoms with Gasteiger partial charge in [0.1, 0.15) is 5.71 Å². The molecule has 0 unspecified atom stereocenters. The molecule has 4 rings (SSSR count). The van der Waals surface area contributed by atoms with Crippen LogP contribution in [0.15, 0.2) is 34.2 Å². The lowest BCUT2D eigenvalue weighted by Crippen LogP contribution is -2.30. The van der Waals surface area contributed by atoms with Crippen LogP contribution in [0.3, 0.4) is 0 Å². The van der Waals surface area contributed by atoms with E-state index in [0.717, 1.165) is 43.2 Å². The molecule has 3 nitrogen and oxygen atoms in total. The van der Waals surface area contributed by atoms with Crippen LogP contribution in [0, 0.1) is 0 Å². The summed E-state index contributed by atoms with van der Waals surface area (Å²) in [6.07, 6.45) is 0. The van der Waals surface area contributed by atoms with Crippen molar-refractivity contribution in [3.05, 3.63) is 34.0 Å². The van der Waals surface area contributed by atoms with Crippen molar-refractivity contribution >= 4 is 68.8 Å². The molecule has 0 amide bonds. The highest BCUT2D eigenvalue weighted by Gasteiger charge is 2.37. The number of carbonyl (C=O) groups excluding carboxylic acids is 1. The SMILES string of the molecule is CC1(C)Nc2ccccc2-c2c1sc(C1=NC(=S)SC1=O)c2S. The van der Waals surface area contributed by atoms with Gasteiger partial charge in [-0.1, -0.05) is 18.2 Å². The molecule has 2 aliphatic heterocycles. The zero-order chi connectivity index (χ0) is 16.4. The molecule has 0 atom stereocenters. The van der Waals surface area contributed by atoms with E-state index in [4.69, 9.17) is 24.8 Å². The van der Waals surface area contributed by atoms with Gasteiger partial charge in [-0.15, -0.1) is 24.0 Å². The maximum absolute atomic E-state index is 12.2. The Morgan fingerprint density at radius 3 is 2.74 bits per heavy atom. The molecule has 0 bridgehead atoms. The molecule has 0 fully saturated rings. The van der Waals surface area contributed by atoms with Gasteiger partial charge in [0, 0.05) is 26.6 Å². The van der Waals surface area contributed by atoms with E-state index in [1.54, 1.807) is 11.3 Å². The van der Waals surface area contributed by atoms with E-state index in [1.807, 2.05) is 12.1 Å². The molecule has 7 heteroatoms. The molecule has 3 heterocycles. The second kappa shape index (κ2) is 5.17. The molecular formula is C16H12N2OS4. The van der Waals surface area contributed by atoms with E-state index in [9.17, 15) is 4.79 Å². The first kappa shape index (κ1) is 15.4. The third kappa shape index (κ3) is 2.29. The fraction of sp³-hybridized carbons (Fsp3) is 0.188. The van der Waals surface area contributed by atoms with Crippen LogP contribution in [0.1, 0.15) is 23.6 Å². The number of benzene rings is 1. The van der Waals surface area contributed by atoms with E-state index in [2.05, 4.69) is 36.3 Å². The number of carbonyl (C=O) groups is 1. The Balaban J connectivity index is 2.00. The van der Waals surface area contributed by atoms with E-state index in [0.29, 0.717) is 10.0 Å². The number of para-hydroxylation sites is 1. The summed E-state index contributed by atoms with van der Waals surface area (Å²) in [4.78, 5) is 19.2. The normalized spacial score (nSPS) is 18.3. The summed E-state index contributed by atoms with van der Waals surface area (Å²) in [6.45, 7) is 4.26. The number of aliphatic imine (C=N–C) groups is 1. The highest BCUT2D eigenvalue weighted by molar-refractivity contribution is 8.34. The van der Waals surface area contributed by atoms with Crippen molar-refractivity contribution in [2.75, 3.05) is 5.32 Å². The molecule has 23 heavy (non-hydrogen) atoms. The zero-order valence-electron chi connectivity index (χ0n) is 12.3. The number of anilines is 1. The number of fused-ring (bicyclic) bond motifs is 3. The Morgan fingerprint density at radius 1 is 1.30 bits per heavy atom. The number of nitrogens with one attached hydrogen (secondary N) is 1. The molecule has 0 radical (unpaired) electrons. The van der Waals surface area contributed by atoms with Crippen LogP contribution in [0.2, 0.25) is 0 Å². The number of thiophene rings is 1. The van der Waals surface area contributed by atoms with Crippen LogP contribution in [0.25, 0.3) is 11.1 Å². The summed E-state index contributed by atoms with van der Waals surface area (Å²) >= 11 is 12.4. The molecule has 0 aliphatic carbocycles. The first-order valence-corrected chi connectivity index (χ1v) is 9.46. The summed E-state index contributed by atoms with van der Waals surface area (Å²) in [5.41, 5.74) is 3.47. The number of hydrogen-bond donors (Lipinski definition) is 2. The third-order valence-corrected chi connectivity index (χ3v) is 6.99. The van der Waals surface area contributed by atoms with Gasteiger partial charge in [-0.2, -0.15) is 0 Å². The quantitative estimate of drug-likeness (QED) is 0.559. The van der Waals surface area contributed by atoms with Gasteiger partial charge < -0.3 is 5.32 Å². The Labute approximate surface area is 153 Å². The summed E-state index contributed by atoms with van der Waals surface area (Å²) < 4.78 is 0.377. The lowest BCUT2D eigenvalue weighted by Gasteiger charge is -2.34. The molecule has 2 aromatic rings. The van der Waals surface area contributed by atoms with Crippen molar-refractivity contribution in [1.82, 2.24) is 0 Å². The maximum Gasteiger partial charge on any atom is 0.246 e. The molecule has 0 spiro atoms. The van der Waals surface area contributed by atoms with Crippen molar-refractivity contribution in [2.45, 2.75) is 24.3 Å². The molecule has 0 saturated heterocycles. The molecule has 1 aromatic carbocycles. The van der Waals surface area contributed by atoms with Gasteiger partial charge in [-0.05, 0) is 43.9 Å². The van der Waals surface area contributed by atoms with Gasteiger partial charge in [0.05, 0.1) is 10.4 Å². The first-order chi connectivity index (χ1) is 10.9. The lowest BCUT2D eigenvalue weighted by molar-refractivity contribution is -0.105. The van der Waals surface area contributed by atoms with Crippen molar-refractivity contribution in [3.8, 4) is 11.1 Å². The summed E-state index contributed by atoms with van der Waals surface area (Å²) in [7, 11) is 0. The Kier molecular flexibility index (Phi) is 3.46. The van der Waals surface area contributed by atoms with Crippen LogP contribution < -0.4 is 5.32 Å². The summed E-state index contributed by atoms with van der Waals surface area (Å²) in [5, 5.41) is 3.47. The van der Waals surface area contributed by atoms with Crippen LogP contribution in [0.5, 0.6) is 0 Å². The predicted octanol–water partition coefficient (Wildman–Crippen LogP) is 4.71. The average Bonchev–Trinajstić information content (AvgIpc) is 2.99. The molecule has 0 saturated carbocycles. The van der Waals surface area contributed by atoms with Gasteiger partial charge in [-0.3, -0.25) is 4.79 Å². The van der Waals surface area contributed by atoms with Gasteiger partial charge in [0.2, 0.25) is 5.12 Å². The minimum absolute atomic E-state index is 0.0945. The highest BCUT2D eigenvalue weighted by atomic mass is 32.2. The standard InChI is InChI=1S/C16H12N2OS4/c1-16(2)13-9(7-5-3-4-6-8(7)18-16)11(20)12(22-13)10-14(19)23-15(21)17-10/h3-6,18,20H,1-2H3. The number of thiol groups is 1. The lowest BCUT2D eigenvalue weighted by atomic mass is 9.89. The van der Waals surface area contributed by atoms with E-state index < -0.39 is 0 Å². The first-order valence-electron chi connectivity index (χ1n) is 6.97. The topological polar surface area (TPSA) is 41.5 Å². The second-order valence-corrected chi connectivity index (χ2v) is 8.97. The monoisotopic (exact) mass is 376 g/mol. The van der Waals surface area contributed by atoms with E-state index in [-0.39, 0.29) is 10.7 Å². The Bertz CT molecular complexity index is 911. The van der Waals surface area contributed by atoms with Crippen molar-refractivity contribution in [2.24, 2.45) is 4.99 Å². The minimum atomic E-state index is -0.236. The Morgan fingerprint density at radius 2 is 2.04 bits per heavy atom. The molecular weight excluding hydrogens is 364 g/mol. The van der Waals surface area contributed by atoms with Crippen molar-refractivity contribution < 1.29 is 4.79 Å². The number of thioether (sulfide) groups is 1. The number of hydrogen-bond acceptors (Lipinski definition) is 6. The fourth-order valence-corrected chi connectivity index (χ4v) is 5.64. The molecule has 2 aliphatic rings. The number of rotatable bonds is 1. The van der Waals surface area contributed by atoms with Crippen LogP contribution in [-0.4, -0.2) is 15.1 Å². The smallest absolute Gasteiger partial charge is 0.246 e. The van der Waals surface area contributed by atoms with Gasteiger partial charge >= 0.3 is 0 Å². The maximum atomic E-state index is 12.2. The summed E-state index contributed by atoms with van der Waals surface area (Å²) in [5.74, 6) is 0. The van der Waals surface area contributed by atoms with E-state index >= 15 is 0 Å². The predicted molar refractivity (Wildman–Crippen MR) is 105 cm³/mol. The number of thiocarbonyl (C=S) groups is 1. The number of nitrogens with zero attached hydrogens (tertiary/aromatic N) is 1. The van der Waals surface area contributed by atoms with Gasteiger partial charge in [0.25, 0.3) is 0 Å². The Hall–Kier alpha value is -1.15. The summed E-state index contributed by atoms with van der Waals surface area (Å²) in [6, 6.07) is 8.16. The molecule has 1 N–H and O–H groups in total.